The molecule has 1 amide bonds. The first-order valence-electron chi connectivity index (χ1n) is 11.1. The van der Waals surface area contributed by atoms with Crippen molar-refractivity contribution in [2.45, 2.75) is 50.4 Å². The van der Waals surface area contributed by atoms with E-state index in [9.17, 15) is 13.6 Å². The highest BCUT2D eigenvalue weighted by Crippen LogP contribution is 2.44. The second kappa shape index (κ2) is 9.55. The summed E-state index contributed by atoms with van der Waals surface area (Å²) >= 11 is 0. The minimum Gasteiger partial charge on any atom is -0.496 e. The predicted molar refractivity (Wildman–Crippen MR) is 116 cm³/mol. The van der Waals surface area contributed by atoms with Crippen LogP contribution in [0.25, 0.3) is 0 Å². The number of likely N-dealkylation sites (tertiary alicyclic amines) is 1. The molecular formula is C25H29F2NO4. The van der Waals surface area contributed by atoms with Crippen LogP contribution in [0.4, 0.5) is 8.78 Å². The molecule has 0 bridgehead atoms. The van der Waals surface area contributed by atoms with Crippen molar-refractivity contribution in [3.63, 3.8) is 0 Å². The molecule has 0 unspecified atom stereocenters. The number of ether oxygens (including phenoxy) is 3. The summed E-state index contributed by atoms with van der Waals surface area (Å²) in [5.74, 6) is -2.44. The molecule has 2 fully saturated rings. The number of carbonyl (C=O) groups excluding carboxylic acids is 1. The Kier molecular flexibility index (Phi) is 6.76. The van der Waals surface area contributed by atoms with E-state index >= 15 is 0 Å². The van der Waals surface area contributed by atoms with E-state index in [4.69, 9.17) is 14.2 Å². The van der Waals surface area contributed by atoms with Crippen LogP contribution in [-0.4, -0.2) is 49.3 Å². The Balaban J connectivity index is 1.50. The van der Waals surface area contributed by atoms with Crippen molar-refractivity contribution in [3.8, 4) is 5.75 Å². The fourth-order valence-corrected chi connectivity index (χ4v) is 4.84. The highest BCUT2D eigenvalue weighted by atomic mass is 19.2. The van der Waals surface area contributed by atoms with Crippen molar-refractivity contribution in [1.29, 1.82) is 0 Å². The van der Waals surface area contributed by atoms with Crippen LogP contribution in [0.1, 0.15) is 54.6 Å². The maximum Gasteiger partial charge on any atom is 0.257 e. The molecule has 32 heavy (non-hydrogen) atoms. The molecule has 0 N–H and O–H groups in total. The average Bonchev–Trinajstić information content (AvgIpc) is 2.81. The molecule has 1 spiro atoms. The summed E-state index contributed by atoms with van der Waals surface area (Å²) in [4.78, 5) is 14.7. The largest absolute Gasteiger partial charge is 0.496 e. The van der Waals surface area contributed by atoms with Gasteiger partial charge in [0.05, 0.1) is 30.5 Å². The molecule has 2 aliphatic rings. The standard InChI is InChI=1S/C25H29F2NO4/c1-3-31-18-13-22(17-7-5-4-6-8-17)32-25(16-18)9-11-28(12-10-25)24(29)19-14-20(26)21(27)15-23(19)30-2/h4-8,14-15,18,22H,3,9-13,16H2,1-2H3/t18-,22-/m1/s1. The molecule has 2 aromatic rings. The van der Waals surface area contributed by atoms with Gasteiger partial charge in [-0.1, -0.05) is 30.3 Å². The van der Waals surface area contributed by atoms with Gasteiger partial charge in [0, 0.05) is 38.6 Å². The van der Waals surface area contributed by atoms with Crippen molar-refractivity contribution < 1.29 is 27.8 Å². The second-order valence-electron chi connectivity index (χ2n) is 8.48. The number of rotatable bonds is 5. The summed E-state index contributed by atoms with van der Waals surface area (Å²) in [6.45, 7) is 3.56. The molecule has 7 heteroatoms. The minimum absolute atomic E-state index is 0.0290. The Morgan fingerprint density at radius 1 is 1.16 bits per heavy atom. The van der Waals surface area contributed by atoms with Gasteiger partial charge in [-0.15, -0.1) is 0 Å². The summed E-state index contributed by atoms with van der Waals surface area (Å²) in [5, 5.41) is 0. The Morgan fingerprint density at radius 3 is 2.50 bits per heavy atom. The molecule has 0 aromatic heterocycles. The number of benzene rings is 2. The smallest absolute Gasteiger partial charge is 0.257 e. The van der Waals surface area contributed by atoms with E-state index in [2.05, 4.69) is 12.1 Å². The number of nitrogens with zero attached hydrogens (tertiary/aromatic N) is 1. The van der Waals surface area contributed by atoms with Gasteiger partial charge in [-0.05, 0) is 31.4 Å². The maximum absolute atomic E-state index is 13.8. The number of carbonyl (C=O) groups is 1. The molecule has 0 saturated carbocycles. The van der Waals surface area contributed by atoms with Crippen molar-refractivity contribution in [1.82, 2.24) is 4.90 Å². The van der Waals surface area contributed by atoms with Gasteiger partial charge in [0.2, 0.25) is 0 Å². The third-order valence-corrected chi connectivity index (χ3v) is 6.48. The predicted octanol–water partition coefficient (Wildman–Crippen LogP) is 4.91. The first-order chi connectivity index (χ1) is 15.4. The Bertz CT molecular complexity index is 944. The number of piperidine rings is 1. The van der Waals surface area contributed by atoms with Crippen LogP contribution in [0.3, 0.4) is 0 Å². The van der Waals surface area contributed by atoms with E-state index in [0.29, 0.717) is 32.5 Å². The quantitative estimate of drug-likeness (QED) is 0.657. The SMILES string of the molecule is CCO[C@@H]1C[C@H](c2ccccc2)OC2(CCN(C(=O)c3cc(F)c(F)cc3OC)CC2)C1. The zero-order valence-corrected chi connectivity index (χ0v) is 18.5. The summed E-state index contributed by atoms with van der Waals surface area (Å²) in [6, 6.07) is 12.0. The Morgan fingerprint density at radius 2 is 1.84 bits per heavy atom. The molecule has 2 saturated heterocycles. The van der Waals surface area contributed by atoms with Gasteiger partial charge in [-0.2, -0.15) is 0 Å². The molecule has 5 nitrogen and oxygen atoms in total. The summed E-state index contributed by atoms with van der Waals surface area (Å²) < 4.78 is 45.1. The normalized spacial score (nSPS) is 22.7. The zero-order valence-electron chi connectivity index (χ0n) is 18.5. The van der Waals surface area contributed by atoms with Gasteiger partial charge in [0.1, 0.15) is 5.75 Å². The summed E-state index contributed by atoms with van der Waals surface area (Å²) in [5.41, 5.74) is 0.774. The van der Waals surface area contributed by atoms with E-state index in [1.165, 1.54) is 7.11 Å². The molecule has 2 aliphatic heterocycles. The van der Waals surface area contributed by atoms with Crippen LogP contribution >= 0.6 is 0 Å². The Labute approximate surface area is 187 Å². The van der Waals surface area contributed by atoms with E-state index in [0.717, 1.165) is 30.5 Å². The van der Waals surface area contributed by atoms with E-state index in [-0.39, 0.29) is 35.0 Å². The summed E-state index contributed by atoms with van der Waals surface area (Å²) in [6.07, 6.45) is 2.91. The van der Waals surface area contributed by atoms with Crippen molar-refractivity contribution in [2.75, 3.05) is 26.8 Å². The number of hydrogen-bond acceptors (Lipinski definition) is 4. The molecule has 2 heterocycles. The van der Waals surface area contributed by atoms with Crippen molar-refractivity contribution in [3.05, 3.63) is 65.2 Å². The van der Waals surface area contributed by atoms with Gasteiger partial charge < -0.3 is 19.1 Å². The molecule has 2 aromatic carbocycles. The topological polar surface area (TPSA) is 48.0 Å². The lowest BCUT2D eigenvalue weighted by Gasteiger charge is -2.48. The average molecular weight is 446 g/mol. The van der Waals surface area contributed by atoms with Crippen LogP contribution in [-0.2, 0) is 9.47 Å². The molecule has 4 rings (SSSR count). The lowest BCUT2D eigenvalue weighted by atomic mass is 9.80. The molecule has 172 valence electrons. The van der Waals surface area contributed by atoms with Crippen LogP contribution in [0, 0.1) is 11.6 Å². The van der Waals surface area contributed by atoms with Crippen LogP contribution in [0.5, 0.6) is 5.75 Å². The van der Waals surface area contributed by atoms with Gasteiger partial charge in [-0.3, -0.25) is 4.79 Å². The van der Waals surface area contributed by atoms with Gasteiger partial charge in [0.15, 0.2) is 11.6 Å². The van der Waals surface area contributed by atoms with Crippen LogP contribution in [0.2, 0.25) is 0 Å². The van der Waals surface area contributed by atoms with Crippen LogP contribution < -0.4 is 4.74 Å². The monoisotopic (exact) mass is 445 g/mol. The number of methoxy groups -OCH3 is 1. The van der Waals surface area contributed by atoms with E-state index < -0.39 is 11.6 Å². The minimum atomic E-state index is -1.07. The highest BCUT2D eigenvalue weighted by Gasteiger charge is 2.45. The number of hydrogen-bond donors (Lipinski definition) is 0. The molecule has 2 atom stereocenters. The van der Waals surface area contributed by atoms with Gasteiger partial charge in [-0.25, -0.2) is 8.78 Å². The van der Waals surface area contributed by atoms with Gasteiger partial charge >= 0.3 is 0 Å². The van der Waals surface area contributed by atoms with E-state index in [1.807, 2.05) is 25.1 Å². The first kappa shape index (κ1) is 22.7. The maximum atomic E-state index is 13.8. The van der Waals surface area contributed by atoms with Crippen molar-refractivity contribution in [2.24, 2.45) is 0 Å². The molecule has 0 aliphatic carbocycles. The van der Waals surface area contributed by atoms with E-state index in [1.54, 1.807) is 4.90 Å². The third-order valence-electron chi connectivity index (χ3n) is 6.48. The lowest BCUT2D eigenvalue weighted by Crippen LogP contribution is -2.52. The number of halogens is 2. The second-order valence-corrected chi connectivity index (χ2v) is 8.48. The fraction of sp³-hybridized carbons (Fsp3) is 0.480. The van der Waals surface area contributed by atoms with Crippen LogP contribution in [0.15, 0.2) is 42.5 Å². The zero-order chi connectivity index (χ0) is 22.7. The first-order valence-corrected chi connectivity index (χ1v) is 11.1. The summed E-state index contributed by atoms with van der Waals surface area (Å²) in [7, 11) is 1.34. The van der Waals surface area contributed by atoms with Gasteiger partial charge in [0.25, 0.3) is 5.91 Å². The molecular weight excluding hydrogens is 416 g/mol. The number of amides is 1. The molecule has 0 radical (unpaired) electrons. The lowest BCUT2D eigenvalue weighted by molar-refractivity contribution is -0.190. The Hall–Kier alpha value is -2.51. The fourth-order valence-electron chi connectivity index (χ4n) is 4.84. The third kappa shape index (κ3) is 4.64. The van der Waals surface area contributed by atoms with Crippen molar-refractivity contribution >= 4 is 5.91 Å². The highest BCUT2D eigenvalue weighted by molar-refractivity contribution is 5.97.